The van der Waals surface area contributed by atoms with Crippen LogP contribution in [0.25, 0.3) is 0 Å². The van der Waals surface area contributed by atoms with Crippen molar-refractivity contribution in [2.24, 2.45) is 5.92 Å². The molecule has 1 fully saturated rings. The molecule has 1 aromatic rings. The average Bonchev–Trinajstić information content (AvgIpc) is 2.72. The molecule has 2 rings (SSSR count). The monoisotopic (exact) mass is 389 g/mol. The number of carbonyl (C=O) groups is 4. The van der Waals surface area contributed by atoms with Crippen LogP contribution in [0.5, 0.6) is 0 Å². The van der Waals surface area contributed by atoms with Crippen LogP contribution in [-0.4, -0.2) is 55.3 Å². The highest BCUT2D eigenvalue weighted by Crippen LogP contribution is 2.20. The van der Waals surface area contributed by atoms with Crippen molar-refractivity contribution in [3.05, 3.63) is 29.8 Å². The highest BCUT2D eigenvalue weighted by molar-refractivity contribution is 5.98. The van der Waals surface area contributed by atoms with Gasteiger partial charge in [-0.2, -0.15) is 0 Å². The first kappa shape index (κ1) is 21.4. The summed E-state index contributed by atoms with van der Waals surface area (Å²) in [6.07, 6.45) is 2.80. The molecule has 0 radical (unpaired) electrons. The average molecular weight is 389 g/mol. The van der Waals surface area contributed by atoms with Gasteiger partial charge in [-0.25, -0.2) is 0 Å². The van der Waals surface area contributed by atoms with E-state index in [1.807, 2.05) is 6.92 Å². The number of nitrogens with zero attached hydrogens (tertiary/aromatic N) is 1. The second-order valence-electron chi connectivity index (χ2n) is 6.76. The molecule has 0 saturated carbocycles. The summed E-state index contributed by atoms with van der Waals surface area (Å²) in [7, 11) is 1.24. The minimum atomic E-state index is -0.544. The topological polar surface area (TPSA) is 105 Å². The Kier molecular flexibility index (Phi) is 7.98. The molecule has 1 aliphatic rings. The van der Waals surface area contributed by atoms with Crippen molar-refractivity contribution >= 4 is 29.4 Å². The number of amides is 3. The zero-order chi connectivity index (χ0) is 20.5. The lowest BCUT2D eigenvalue weighted by atomic mass is 9.96. The predicted octanol–water partition coefficient (Wildman–Crippen LogP) is 1.57. The summed E-state index contributed by atoms with van der Waals surface area (Å²) < 4.78 is 4.48. The van der Waals surface area contributed by atoms with E-state index in [0.717, 1.165) is 19.3 Å². The van der Waals surface area contributed by atoms with E-state index >= 15 is 0 Å². The van der Waals surface area contributed by atoms with Gasteiger partial charge in [-0.3, -0.25) is 19.2 Å². The number of hydrogen-bond donors (Lipinski definition) is 2. The summed E-state index contributed by atoms with van der Waals surface area (Å²) in [5.41, 5.74) is 0.817. The van der Waals surface area contributed by atoms with Crippen LogP contribution >= 0.6 is 0 Å². The lowest BCUT2D eigenvalue weighted by Crippen LogP contribution is -2.43. The van der Waals surface area contributed by atoms with E-state index in [1.54, 1.807) is 29.2 Å². The standard InChI is InChI=1S/C20H27N3O5/c1-3-6-17(24)23-10-5-8-15(13-23)20(27)22-16-9-4-7-14(11-16)19(26)21-12-18(25)28-2/h4,7,9,11,15H,3,5-6,8,10,12-13H2,1-2H3,(H,21,26)(H,22,27). The molecule has 1 aliphatic heterocycles. The van der Waals surface area contributed by atoms with Crippen LogP contribution < -0.4 is 10.6 Å². The fourth-order valence-corrected chi connectivity index (χ4v) is 3.10. The largest absolute Gasteiger partial charge is 0.468 e. The van der Waals surface area contributed by atoms with Gasteiger partial charge in [-0.15, -0.1) is 0 Å². The molecule has 1 aromatic carbocycles. The fourth-order valence-electron chi connectivity index (χ4n) is 3.10. The Morgan fingerprint density at radius 1 is 1.25 bits per heavy atom. The van der Waals surface area contributed by atoms with Crippen molar-refractivity contribution in [2.75, 3.05) is 32.1 Å². The molecule has 8 heteroatoms. The first-order valence-corrected chi connectivity index (χ1v) is 9.48. The number of hydrogen-bond acceptors (Lipinski definition) is 5. The second kappa shape index (κ2) is 10.4. The van der Waals surface area contributed by atoms with E-state index in [2.05, 4.69) is 15.4 Å². The third kappa shape index (κ3) is 6.07. The van der Waals surface area contributed by atoms with Crippen molar-refractivity contribution in [2.45, 2.75) is 32.6 Å². The van der Waals surface area contributed by atoms with E-state index in [9.17, 15) is 19.2 Å². The Hall–Kier alpha value is -2.90. The van der Waals surface area contributed by atoms with Crippen molar-refractivity contribution in [3.63, 3.8) is 0 Å². The van der Waals surface area contributed by atoms with Gasteiger partial charge in [0, 0.05) is 30.8 Å². The maximum atomic E-state index is 12.6. The van der Waals surface area contributed by atoms with Crippen LogP contribution in [0.15, 0.2) is 24.3 Å². The van der Waals surface area contributed by atoms with E-state index < -0.39 is 11.9 Å². The summed E-state index contributed by atoms with van der Waals surface area (Å²) >= 11 is 0. The quantitative estimate of drug-likeness (QED) is 0.689. The third-order valence-corrected chi connectivity index (χ3v) is 4.62. The molecular weight excluding hydrogens is 362 g/mol. The maximum absolute atomic E-state index is 12.6. The molecule has 1 heterocycles. The highest BCUT2D eigenvalue weighted by atomic mass is 16.5. The number of ether oxygens (including phenoxy) is 1. The van der Waals surface area contributed by atoms with E-state index in [-0.39, 0.29) is 24.3 Å². The number of rotatable bonds is 7. The smallest absolute Gasteiger partial charge is 0.325 e. The molecule has 1 saturated heterocycles. The fraction of sp³-hybridized carbons (Fsp3) is 0.500. The normalized spacial score (nSPS) is 16.2. The Morgan fingerprint density at radius 3 is 2.75 bits per heavy atom. The number of methoxy groups -OCH3 is 1. The molecular formula is C20H27N3O5. The maximum Gasteiger partial charge on any atom is 0.325 e. The molecule has 28 heavy (non-hydrogen) atoms. The molecule has 8 nitrogen and oxygen atoms in total. The van der Waals surface area contributed by atoms with Crippen molar-refractivity contribution in [3.8, 4) is 0 Å². The van der Waals surface area contributed by atoms with Gasteiger partial charge in [-0.05, 0) is 37.5 Å². The van der Waals surface area contributed by atoms with Crippen molar-refractivity contribution in [1.29, 1.82) is 0 Å². The first-order chi connectivity index (χ1) is 13.4. The Labute approximate surface area is 164 Å². The molecule has 2 N–H and O–H groups in total. The third-order valence-electron chi connectivity index (χ3n) is 4.62. The van der Waals surface area contributed by atoms with Gasteiger partial charge in [0.25, 0.3) is 5.91 Å². The Balaban J connectivity index is 1.95. The van der Waals surface area contributed by atoms with E-state index in [0.29, 0.717) is 30.8 Å². The summed E-state index contributed by atoms with van der Waals surface area (Å²) in [5, 5.41) is 5.28. The number of anilines is 1. The van der Waals surface area contributed by atoms with Gasteiger partial charge in [0.1, 0.15) is 6.54 Å². The molecule has 152 valence electrons. The highest BCUT2D eigenvalue weighted by Gasteiger charge is 2.28. The van der Waals surface area contributed by atoms with Crippen LogP contribution in [0.2, 0.25) is 0 Å². The lowest BCUT2D eigenvalue weighted by Gasteiger charge is -2.32. The van der Waals surface area contributed by atoms with Gasteiger partial charge < -0.3 is 20.3 Å². The van der Waals surface area contributed by atoms with Crippen LogP contribution in [-0.2, 0) is 19.1 Å². The van der Waals surface area contributed by atoms with Gasteiger partial charge in [0.15, 0.2) is 0 Å². The number of likely N-dealkylation sites (tertiary alicyclic amines) is 1. The molecule has 0 aliphatic carbocycles. The number of benzene rings is 1. The van der Waals surface area contributed by atoms with Crippen LogP contribution in [0, 0.1) is 5.92 Å². The molecule has 0 spiro atoms. The van der Waals surface area contributed by atoms with E-state index in [4.69, 9.17) is 0 Å². The number of nitrogens with one attached hydrogen (secondary N) is 2. The molecule has 0 aromatic heterocycles. The predicted molar refractivity (Wildman–Crippen MR) is 104 cm³/mol. The summed E-state index contributed by atoms with van der Waals surface area (Å²) in [4.78, 5) is 49.7. The van der Waals surface area contributed by atoms with Crippen molar-refractivity contribution < 1.29 is 23.9 Å². The molecule has 1 atom stereocenters. The lowest BCUT2D eigenvalue weighted by molar-refractivity contribution is -0.139. The van der Waals surface area contributed by atoms with Crippen LogP contribution in [0.1, 0.15) is 43.0 Å². The summed E-state index contributed by atoms with van der Waals surface area (Å²) in [6, 6.07) is 6.49. The summed E-state index contributed by atoms with van der Waals surface area (Å²) in [6.45, 7) is 2.85. The second-order valence-corrected chi connectivity index (χ2v) is 6.76. The minimum Gasteiger partial charge on any atom is -0.468 e. The first-order valence-electron chi connectivity index (χ1n) is 9.48. The Morgan fingerprint density at radius 2 is 2.04 bits per heavy atom. The SMILES string of the molecule is CCCC(=O)N1CCCC(C(=O)Nc2cccc(C(=O)NCC(=O)OC)c2)C1. The zero-order valence-electron chi connectivity index (χ0n) is 16.3. The molecule has 1 unspecified atom stereocenters. The van der Waals surface area contributed by atoms with E-state index in [1.165, 1.54) is 7.11 Å². The minimum absolute atomic E-state index is 0.0873. The van der Waals surface area contributed by atoms with Gasteiger partial charge in [0.2, 0.25) is 11.8 Å². The van der Waals surface area contributed by atoms with Crippen LogP contribution in [0.4, 0.5) is 5.69 Å². The zero-order valence-corrected chi connectivity index (χ0v) is 16.3. The Bertz CT molecular complexity index is 734. The van der Waals surface area contributed by atoms with Crippen LogP contribution in [0.3, 0.4) is 0 Å². The number of piperidine rings is 1. The summed E-state index contributed by atoms with van der Waals surface area (Å²) in [5.74, 6) is -1.33. The number of carbonyl (C=O) groups excluding carboxylic acids is 4. The van der Waals surface area contributed by atoms with Crippen molar-refractivity contribution in [1.82, 2.24) is 10.2 Å². The molecule has 0 bridgehead atoms. The van der Waals surface area contributed by atoms with Gasteiger partial charge in [0.05, 0.1) is 13.0 Å². The number of esters is 1. The molecule has 3 amide bonds. The van der Waals surface area contributed by atoms with Gasteiger partial charge in [-0.1, -0.05) is 13.0 Å². The van der Waals surface area contributed by atoms with Gasteiger partial charge >= 0.3 is 5.97 Å².